The number of aromatic nitrogens is 1. The number of benzene rings is 1. The SMILES string of the molecule is CC(=NCC12CC3(C)CC4(OCCNCC(CO)CO)CC(C)(C1)C324)/C(=C\N)C1=CC=C(N2CCC/C(=C(C)/C(N)=N/c3nc4ccccc4s3)C2=N)NC1=C(O)O. The summed E-state index contributed by atoms with van der Waals surface area (Å²) in [6.07, 6.45) is 10.8. The second-order valence-electron chi connectivity index (χ2n) is 17.7. The standard InChI is InChI=1S/C43H57N9O5S/c1-25(35(45)51-38-49-31-9-5-6-10-32(31)58-38)28-8-7-14-52(36(28)46)33-12-11-29(34(50-33)37(55)56)30(16-44)26(2)48-24-41-20-39(3)22-42(23-40(4,21-41)43(39,41)42)57-15-13-47-17-27(18-53)19-54/h5-6,9-12,16,27,46-47,50,53-56H,7-8,13-15,17-24,44H2,1-4H3,(H2,45,49,51)/b28-25-,30-16+,46-36?,48-26?. The highest BCUT2D eigenvalue weighted by Crippen LogP contribution is 3.03. The van der Waals surface area contributed by atoms with Gasteiger partial charge in [-0.15, -0.1) is 0 Å². The Bertz CT molecular complexity index is 2190. The van der Waals surface area contributed by atoms with Crippen LogP contribution in [0.25, 0.3) is 10.2 Å². The first-order chi connectivity index (χ1) is 27.7. The molecule has 8 rings (SSSR count). The molecule has 5 fully saturated rings. The summed E-state index contributed by atoms with van der Waals surface area (Å²) in [5.41, 5.74) is 17.3. The van der Waals surface area contributed by atoms with Gasteiger partial charge in [-0.3, -0.25) is 10.4 Å². The lowest BCUT2D eigenvalue weighted by molar-refractivity contribution is -0.565. The molecule has 2 atom stereocenters. The van der Waals surface area contributed by atoms with Crippen LogP contribution in [0.4, 0.5) is 5.13 Å². The number of amidine groups is 2. The topological polar surface area (TPSA) is 231 Å². The average Bonchev–Trinajstić information content (AvgIpc) is 3.59. The fraction of sp³-hybridized carbons (Fsp3) is 0.535. The van der Waals surface area contributed by atoms with Crippen molar-refractivity contribution < 1.29 is 25.2 Å². The van der Waals surface area contributed by atoms with Crippen molar-refractivity contribution in [3.63, 3.8) is 0 Å². The molecule has 11 N–H and O–H groups in total. The fourth-order valence-corrected chi connectivity index (χ4v) is 13.8. The van der Waals surface area contributed by atoms with Crippen molar-refractivity contribution in [1.82, 2.24) is 20.5 Å². The van der Waals surface area contributed by atoms with E-state index in [1.54, 1.807) is 11.0 Å². The predicted octanol–water partition coefficient (Wildman–Crippen LogP) is 5.18. The minimum Gasteiger partial charge on any atom is -0.480 e. The molecular formula is C43H57N9O5S. The predicted molar refractivity (Wildman–Crippen MR) is 228 cm³/mol. The van der Waals surface area contributed by atoms with Gasteiger partial charge < -0.3 is 52.2 Å². The van der Waals surface area contributed by atoms with Gasteiger partial charge in [-0.2, -0.15) is 0 Å². The summed E-state index contributed by atoms with van der Waals surface area (Å²) < 4.78 is 7.77. The minimum absolute atomic E-state index is 0.0325. The summed E-state index contributed by atoms with van der Waals surface area (Å²) in [5, 5.41) is 56.2. The molecule has 4 saturated carbocycles. The van der Waals surface area contributed by atoms with E-state index in [0.717, 1.165) is 47.9 Å². The summed E-state index contributed by atoms with van der Waals surface area (Å²) in [7, 11) is 0. The molecule has 1 saturated heterocycles. The van der Waals surface area contributed by atoms with Crippen LogP contribution in [0.15, 0.2) is 92.4 Å². The zero-order chi connectivity index (χ0) is 41.3. The monoisotopic (exact) mass is 811 g/mol. The molecule has 310 valence electrons. The van der Waals surface area contributed by atoms with E-state index >= 15 is 0 Å². The number of nitrogens with one attached hydrogen (secondary N) is 3. The van der Waals surface area contributed by atoms with Crippen LogP contribution in [0.5, 0.6) is 0 Å². The van der Waals surface area contributed by atoms with E-state index in [9.17, 15) is 25.8 Å². The number of hydrogen-bond acceptors (Lipinski definition) is 13. The number of fused-ring (bicyclic) bond motifs is 1. The van der Waals surface area contributed by atoms with Gasteiger partial charge in [0, 0.05) is 84.8 Å². The van der Waals surface area contributed by atoms with Crippen molar-refractivity contribution in [3.8, 4) is 0 Å². The van der Waals surface area contributed by atoms with Crippen LogP contribution in [0.2, 0.25) is 0 Å². The highest BCUT2D eigenvalue weighted by Gasteiger charge is 3.02. The van der Waals surface area contributed by atoms with Crippen LogP contribution in [0.3, 0.4) is 0 Å². The van der Waals surface area contributed by atoms with Gasteiger partial charge in [0.2, 0.25) is 5.13 Å². The van der Waals surface area contributed by atoms with Crippen LogP contribution >= 0.6 is 11.3 Å². The maximum atomic E-state index is 10.6. The molecule has 58 heavy (non-hydrogen) atoms. The number of nitrogens with zero attached hydrogens (tertiary/aromatic N) is 4. The number of piperidine rings is 1. The van der Waals surface area contributed by atoms with Crippen molar-refractivity contribution in [2.45, 2.75) is 71.8 Å². The van der Waals surface area contributed by atoms with E-state index in [2.05, 4.69) is 34.5 Å². The number of thiazole rings is 1. The van der Waals surface area contributed by atoms with Crippen molar-refractivity contribution in [2.24, 2.45) is 49.0 Å². The van der Waals surface area contributed by atoms with Crippen LogP contribution in [0, 0.1) is 33.0 Å². The zero-order valence-corrected chi connectivity index (χ0v) is 34.7. The molecule has 1 aromatic carbocycles. The number of rotatable bonds is 15. The summed E-state index contributed by atoms with van der Waals surface area (Å²) in [5.74, 6) is 0.0153. The molecule has 3 heterocycles. The summed E-state index contributed by atoms with van der Waals surface area (Å²) in [4.78, 5) is 16.2. The molecule has 0 amide bonds. The molecule has 14 nitrogen and oxygen atoms in total. The lowest BCUT2D eigenvalue weighted by Crippen LogP contribution is -3.01. The molecule has 0 radical (unpaired) electrons. The van der Waals surface area contributed by atoms with Crippen LogP contribution in [0.1, 0.15) is 66.2 Å². The zero-order valence-electron chi connectivity index (χ0n) is 33.9. The molecular weight excluding hydrogens is 755 g/mol. The number of nitrogens with two attached hydrogens (primary N) is 2. The largest absolute Gasteiger partial charge is 0.480 e. The van der Waals surface area contributed by atoms with E-state index in [-0.39, 0.29) is 57.9 Å². The minimum atomic E-state index is -0.891. The third-order valence-electron chi connectivity index (χ3n) is 14.3. The smallest absolute Gasteiger partial charge is 0.299 e. The number of allylic oxidation sites excluding steroid dienone is 3. The third kappa shape index (κ3) is 5.79. The van der Waals surface area contributed by atoms with Gasteiger partial charge in [0.15, 0.2) is 0 Å². The first-order valence-corrected chi connectivity index (χ1v) is 21.1. The van der Waals surface area contributed by atoms with Crippen LogP contribution < -0.4 is 22.1 Å². The molecule has 1 aromatic heterocycles. The van der Waals surface area contributed by atoms with Crippen LogP contribution in [-0.2, 0) is 4.74 Å². The van der Waals surface area contributed by atoms with Gasteiger partial charge in [0.1, 0.15) is 23.2 Å². The maximum Gasteiger partial charge on any atom is 0.299 e. The first-order valence-electron chi connectivity index (χ1n) is 20.3. The Morgan fingerprint density at radius 3 is 2.50 bits per heavy atom. The summed E-state index contributed by atoms with van der Waals surface area (Å²) in [6, 6.07) is 7.83. The number of dihydropyridines is 1. The highest BCUT2D eigenvalue weighted by molar-refractivity contribution is 7.22. The molecule has 2 aromatic rings. The highest BCUT2D eigenvalue weighted by atomic mass is 32.1. The molecule has 4 aliphatic carbocycles. The number of aliphatic imine (C=N–C) groups is 2. The molecule has 6 aliphatic rings. The van der Waals surface area contributed by atoms with Gasteiger partial charge in [-0.25, -0.2) is 9.98 Å². The van der Waals surface area contributed by atoms with E-state index < -0.39 is 5.95 Å². The van der Waals surface area contributed by atoms with E-state index in [1.165, 1.54) is 17.5 Å². The van der Waals surface area contributed by atoms with E-state index in [1.807, 2.05) is 44.2 Å². The Morgan fingerprint density at radius 2 is 1.84 bits per heavy atom. The van der Waals surface area contributed by atoms with Gasteiger partial charge in [0.05, 0.1) is 22.4 Å². The Hall–Kier alpha value is -4.54. The molecule has 2 aliphatic heterocycles. The van der Waals surface area contributed by atoms with Crippen molar-refractivity contribution >= 4 is 44.1 Å². The van der Waals surface area contributed by atoms with E-state index in [4.69, 9.17) is 21.2 Å². The van der Waals surface area contributed by atoms with Gasteiger partial charge >= 0.3 is 0 Å². The second kappa shape index (κ2) is 14.6. The van der Waals surface area contributed by atoms with E-state index in [0.29, 0.717) is 78.4 Å². The first kappa shape index (κ1) is 40.2. The number of aliphatic hydroxyl groups excluding tert-OH is 3. The molecule has 1 spiro atoms. The lowest BCUT2D eigenvalue weighted by Gasteiger charge is -3.02. The normalized spacial score (nSPS) is 32.6. The molecule has 15 heteroatoms. The number of aliphatic hydroxyl groups is 4. The Kier molecular flexibility index (Phi) is 10.1. The van der Waals surface area contributed by atoms with Gasteiger partial charge in [-0.05, 0) is 93.1 Å². The molecule has 2 unspecified atom stereocenters. The number of para-hydroxylation sites is 1. The quantitative estimate of drug-likeness (QED) is 0.0493. The van der Waals surface area contributed by atoms with Crippen molar-refractivity contribution in [1.29, 1.82) is 5.41 Å². The Morgan fingerprint density at radius 1 is 1.12 bits per heavy atom. The molecule has 0 bridgehead atoms. The van der Waals surface area contributed by atoms with Crippen molar-refractivity contribution in [2.75, 3.05) is 46.0 Å². The van der Waals surface area contributed by atoms with Crippen molar-refractivity contribution in [3.05, 3.63) is 82.4 Å². The number of hydrogen-bond donors (Lipinski definition) is 9. The fourth-order valence-electron chi connectivity index (χ4n) is 12.9. The maximum absolute atomic E-state index is 10.6. The van der Waals surface area contributed by atoms with Crippen LogP contribution in [-0.4, -0.2) is 99.3 Å². The number of likely N-dealkylation sites (tertiary alicyclic amines) is 1. The number of ether oxygens (including phenoxy) is 1. The second-order valence-corrected chi connectivity index (χ2v) is 18.8. The summed E-state index contributed by atoms with van der Waals surface area (Å²) in [6.45, 7) is 11.5. The lowest BCUT2D eigenvalue weighted by atomic mass is 9.03. The average molecular weight is 812 g/mol. The van der Waals surface area contributed by atoms with Gasteiger partial charge in [-0.1, -0.05) is 37.3 Å². The summed E-state index contributed by atoms with van der Waals surface area (Å²) >= 11 is 1.46. The Balaban J connectivity index is 0.976. The van der Waals surface area contributed by atoms with Gasteiger partial charge in [0.25, 0.3) is 5.95 Å². The third-order valence-corrected chi connectivity index (χ3v) is 15.2. The Labute approximate surface area is 343 Å².